The molecule has 2 rings (SSSR count). The molecule has 0 bridgehead atoms. The Morgan fingerprint density at radius 3 is 1.42 bits per heavy atom. The monoisotopic (exact) mass is 294 g/mol. The highest BCUT2D eigenvalue weighted by atomic mass is 35.5. The van der Waals surface area contributed by atoms with Crippen molar-refractivity contribution < 1.29 is 9.90 Å². The fourth-order valence-electron chi connectivity index (χ4n) is 1.35. The van der Waals surface area contributed by atoms with Crippen molar-refractivity contribution in [3.05, 3.63) is 71.2 Å². The lowest BCUT2D eigenvalue weighted by Gasteiger charge is -1.98. The van der Waals surface area contributed by atoms with E-state index in [0.717, 1.165) is 0 Å². The minimum absolute atomic E-state index is 0.243. The maximum Gasteiger partial charge on any atom is 0.330 e. The maximum atomic E-state index is 9.56. The van der Waals surface area contributed by atoms with Crippen LogP contribution in [-0.2, 0) is 4.79 Å². The minimum atomic E-state index is -1.14. The second-order valence-corrected chi connectivity index (χ2v) is 4.51. The summed E-state index contributed by atoms with van der Waals surface area (Å²) in [4.78, 5) is 9.56. The Bertz CT molecular complexity index is 495. The van der Waals surface area contributed by atoms with Crippen molar-refractivity contribution >= 4 is 29.2 Å². The number of carbonyl (C=O) groups is 1. The molecule has 0 radical (unpaired) electrons. The lowest BCUT2D eigenvalue weighted by atomic mass is 10.1. The molecule has 0 unspecified atom stereocenters. The van der Waals surface area contributed by atoms with Crippen molar-refractivity contribution in [3.8, 4) is 11.1 Å². The highest BCUT2D eigenvalue weighted by Crippen LogP contribution is 2.17. The van der Waals surface area contributed by atoms with Gasteiger partial charge in [0, 0.05) is 0 Å². The van der Waals surface area contributed by atoms with Gasteiger partial charge in [0.1, 0.15) is 4.49 Å². The molecule has 0 atom stereocenters. The molecule has 2 aromatic carbocycles. The molecule has 0 saturated carbocycles. The van der Waals surface area contributed by atoms with E-state index in [0.29, 0.717) is 6.08 Å². The van der Waals surface area contributed by atoms with Crippen LogP contribution in [0.5, 0.6) is 0 Å². The van der Waals surface area contributed by atoms with E-state index in [1.165, 1.54) is 11.1 Å². The smallest absolute Gasteiger partial charge is 0.330 e. The Morgan fingerprint density at radius 1 is 0.842 bits per heavy atom. The van der Waals surface area contributed by atoms with Gasteiger partial charge in [0.05, 0.1) is 6.08 Å². The number of hydrogen-bond acceptors (Lipinski definition) is 1. The van der Waals surface area contributed by atoms with Crippen LogP contribution in [0.25, 0.3) is 11.1 Å². The minimum Gasteiger partial charge on any atom is -0.478 e. The molecule has 0 fully saturated rings. The standard InChI is InChI=1S/C12H10.C3H2Cl2O2/c1-3-7-11(8-4-1)12-9-5-2-6-10-12;4-2(5)1-3(6)7/h1-10H;1H,(H,6,7). The largest absolute Gasteiger partial charge is 0.478 e. The number of carboxylic acid groups (broad SMARTS) is 1. The number of benzene rings is 2. The van der Waals surface area contributed by atoms with Crippen molar-refractivity contribution in [3.63, 3.8) is 0 Å². The summed E-state index contributed by atoms with van der Waals surface area (Å²) >= 11 is 9.84. The molecule has 0 aliphatic heterocycles. The van der Waals surface area contributed by atoms with Gasteiger partial charge >= 0.3 is 5.97 Å². The molecule has 19 heavy (non-hydrogen) atoms. The number of rotatable bonds is 2. The van der Waals surface area contributed by atoms with E-state index in [9.17, 15) is 4.79 Å². The molecule has 0 spiro atoms. The van der Waals surface area contributed by atoms with Crippen LogP contribution in [0.4, 0.5) is 0 Å². The van der Waals surface area contributed by atoms with Gasteiger partial charge in [0.15, 0.2) is 0 Å². The molecule has 0 aromatic heterocycles. The van der Waals surface area contributed by atoms with Crippen LogP contribution in [0.2, 0.25) is 0 Å². The van der Waals surface area contributed by atoms with E-state index in [-0.39, 0.29) is 4.49 Å². The first-order valence-corrected chi connectivity index (χ1v) is 6.21. The van der Waals surface area contributed by atoms with Gasteiger partial charge in [0.25, 0.3) is 0 Å². The van der Waals surface area contributed by atoms with E-state index in [4.69, 9.17) is 28.3 Å². The van der Waals surface area contributed by atoms with Crippen molar-refractivity contribution in [1.29, 1.82) is 0 Å². The van der Waals surface area contributed by atoms with Crippen LogP contribution < -0.4 is 0 Å². The van der Waals surface area contributed by atoms with Crippen LogP contribution in [0.3, 0.4) is 0 Å². The Balaban J connectivity index is 0.000000224. The average molecular weight is 295 g/mol. The molecule has 1 N–H and O–H groups in total. The Hall–Kier alpha value is -1.77. The molecular weight excluding hydrogens is 283 g/mol. The van der Waals surface area contributed by atoms with Crippen LogP contribution >= 0.6 is 23.2 Å². The number of hydrogen-bond donors (Lipinski definition) is 1. The van der Waals surface area contributed by atoms with E-state index in [1.807, 2.05) is 12.1 Å². The molecule has 0 amide bonds. The number of carboxylic acids is 1. The second kappa shape index (κ2) is 8.35. The topological polar surface area (TPSA) is 37.3 Å². The summed E-state index contributed by atoms with van der Waals surface area (Å²) in [7, 11) is 0. The summed E-state index contributed by atoms with van der Waals surface area (Å²) in [5.41, 5.74) is 2.55. The molecule has 98 valence electrons. The van der Waals surface area contributed by atoms with Gasteiger partial charge in [-0.1, -0.05) is 83.9 Å². The van der Waals surface area contributed by atoms with Crippen LogP contribution in [0.1, 0.15) is 0 Å². The van der Waals surface area contributed by atoms with Gasteiger partial charge in [0.2, 0.25) is 0 Å². The zero-order valence-electron chi connectivity index (χ0n) is 9.96. The quantitative estimate of drug-likeness (QED) is 0.812. The van der Waals surface area contributed by atoms with Gasteiger partial charge in [-0.15, -0.1) is 0 Å². The van der Waals surface area contributed by atoms with E-state index < -0.39 is 5.97 Å². The van der Waals surface area contributed by atoms with Gasteiger partial charge in [-0.3, -0.25) is 0 Å². The Labute approximate surface area is 121 Å². The summed E-state index contributed by atoms with van der Waals surface area (Å²) in [6, 6.07) is 20.8. The highest BCUT2D eigenvalue weighted by Gasteiger charge is 1.91. The first-order chi connectivity index (χ1) is 9.09. The predicted molar refractivity (Wildman–Crippen MR) is 79.3 cm³/mol. The third kappa shape index (κ3) is 6.65. The average Bonchev–Trinajstić information content (AvgIpc) is 2.40. The zero-order valence-corrected chi connectivity index (χ0v) is 11.5. The van der Waals surface area contributed by atoms with Gasteiger partial charge in [-0.2, -0.15) is 0 Å². The summed E-state index contributed by atoms with van der Waals surface area (Å²) < 4.78 is -0.243. The first kappa shape index (κ1) is 15.3. The predicted octanol–water partition coefficient (Wildman–Crippen LogP) is 4.74. The first-order valence-electron chi connectivity index (χ1n) is 5.45. The lowest BCUT2D eigenvalue weighted by Crippen LogP contribution is -1.84. The molecular formula is C15H12Cl2O2. The lowest BCUT2D eigenvalue weighted by molar-refractivity contribution is -0.131. The van der Waals surface area contributed by atoms with Gasteiger partial charge in [-0.25, -0.2) is 4.79 Å². The fourth-order valence-corrected chi connectivity index (χ4v) is 1.54. The fraction of sp³-hybridized carbons (Fsp3) is 0. The van der Waals surface area contributed by atoms with Crippen LogP contribution in [0.15, 0.2) is 71.2 Å². The molecule has 0 heterocycles. The number of halogens is 2. The van der Waals surface area contributed by atoms with Crippen molar-refractivity contribution in [2.75, 3.05) is 0 Å². The third-order valence-electron chi connectivity index (χ3n) is 2.11. The Morgan fingerprint density at radius 2 is 1.21 bits per heavy atom. The van der Waals surface area contributed by atoms with Crippen molar-refractivity contribution in [2.24, 2.45) is 0 Å². The molecule has 0 saturated heterocycles. The normalized spacial score (nSPS) is 8.95. The molecule has 0 aliphatic carbocycles. The number of aliphatic carboxylic acids is 1. The van der Waals surface area contributed by atoms with E-state index in [1.54, 1.807) is 0 Å². The molecule has 2 aromatic rings. The Kier molecular flexibility index (Phi) is 6.72. The summed E-state index contributed by atoms with van der Waals surface area (Å²) in [5.74, 6) is -1.14. The molecule has 2 nitrogen and oxygen atoms in total. The SMILES string of the molecule is O=C(O)C=C(Cl)Cl.c1ccc(-c2ccccc2)cc1. The maximum absolute atomic E-state index is 9.56. The van der Waals surface area contributed by atoms with E-state index >= 15 is 0 Å². The van der Waals surface area contributed by atoms with E-state index in [2.05, 4.69) is 48.5 Å². The summed E-state index contributed by atoms with van der Waals surface area (Å²) in [6.45, 7) is 0. The van der Waals surface area contributed by atoms with Crippen molar-refractivity contribution in [1.82, 2.24) is 0 Å². The summed E-state index contributed by atoms with van der Waals surface area (Å²) in [5, 5.41) is 7.84. The van der Waals surface area contributed by atoms with Crippen LogP contribution in [-0.4, -0.2) is 11.1 Å². The molecule has 0 aliphatic rings. The van der Waals surface area contributed by atoms with Gasteiger partial charge < -0.3 is 5.11 Å². The van der Waals surface area contributed by atoms with Crippen molar-refractivity contribution in [2.45, 2.75) is 0 Å². The summed E-state index contributed by atoms with van der Waals surface area (Å²) in [6.07, 6.45) is 0.698. The van der Waals surface area contributed by atoms with Gasteiger partial charge in [-0.05, 0) is 11.1 Å². The highest BCUT2D eigenvalue weighted by molar-refractivity contribution is 6.56. The third-order valence-corrected chi connectivity index (χ3v) is 2.33. The molecule has 4 heteroatoms. The second-order valence-electron chi connectivity index (χ2n) is 3.50. The zero-order chi connectivity index (χ0) is 14.1. The van der Waals surface area contributed by atoms with Crippen LogP contribution in [0, 0.1) is 0 Å².